The van der Waals surface area contributed by atoms with E-state index in [0.29, 0.717) is 6.54 Å². The summed E-state index contributed by atoms with van der Waals surface area (Å²) < 4.78 is 0.762. The van der Waals surface area contributed by atoms with Gasteiger partial charge < -0.3 is 26.3 Å². The van der Waals surface area contributed by atoms with Gasteiger partial charge in [-0.05, 0) is 0 Å². The zero-order valence-electron chi connectivity index (χ0n) is 7.46. The summed E-state index contributed by atoms with van der Waals surface area (Å²) in [4.78, 5) is 0. The number of aliphatic hydroxyl groups is 1. The van der Waals surface area contributed by atoms with Crippen LogP contribution in [0.25, 0.3) is 0 Å². The molecule has 0 aliphatic rings. The number of aliphatic hydroxyl groups excluding tert-OH is 1. The number of nitrogens with two attached hydrogens (primary N) is 1. The lowest BCUT2D eigenvalue weighted by atomic mass is 10.3. The maximum atomic E-state index is 9.05. The number of quaternary nitrogens is 1. The highest BCUT2D eigenvalue weighted by atomic mass is 16.3. The molecule has 0 rings (SSSR count). The summed E-state index contributed by atoms with van der Waals surface area (Å²) in [5, 5.41) is 9.05. The Morgan fingerprint density at radius 2 is 1.64 bits per heavy atom. The summed E-state index contributed by atoms with van der Waals surface area (Å²) in [5.74, 6) is 0. The summed E-state index contributed by atoms with van der Waals surface area (Å²) in [7, 11) is 6.08. The molecule has 11 heavy (non-hydrogen) atoms. The van der Waals surface area contributed by atoms with Gasteiger partial charge in [-0.1, -0.05) is 0 Å². The molecule has 0 amide bonds. The Balaban J connectivity index is -0.000000320. The Morgan fingerprint density at radius 1 is 1.27 bits per heavy atom. The molecule has 0 saturated heterocycles. The fraction of sp³-hybridized carbons (Fsp3) is 1.00. The van der Waals surface area contributed by atoms with Crippen molar-refractivity contribution >= 4 is 0 Å². The van der Waals surface area contributed by atoms with Crippen LogP contribution in [-0.2, 0) is 0 Å². The van der Waals surface area contributed by atoms with Crippen molar-refractivity contribution in [3.8, 4) is 0 Å². The lowest BCUT2D eigenvalue weighted by Gasteiger charge is -2.25. The summed E-state index contributed by atoms with van der Waals surface area (Å²) in [6.07, 6.45) is -0.356. The molecule has 0 heterocycles. The molecule has 0 aliphatic heterocycles. The van der Waals surface area contributed by atoms with Gasteiger partial charge in [0.2, 0.25) is 0 Å². The molecule has 5 heteroatoms. The number of nitrogens with zero attached hydrogens (tertiary/aromatic N) is 1. The van der Waals surface area contributed by atoms with Crippen molar-refractivity contribution in [3.63, 3.8) is 0 Å². The van der Waals surface area contributed by atoms with E-state index in [1.165, 1.54) is 0 Å². The van der Waals surface area contributed by atoms with Gasteiger partial charge in [0.05, 0.1) is 21.1 Å². The third-order valence-electron chi connectivity index (χ3n) is 1.03. The first-order valence-electron chi connectivity index (χ1n) is 3.14. The van der Waals surface area contributed by atoms with Gasteiger partial charge in [0, 0.05) is 6.54 Å². The summed E-state index contributed by atoms with van der Waals surface area (Å²) >= 11 is 0. The van der Waals surface area contributed by atoms with E-state index in [2.05, 4.69) is 0 Å². The van der Waals surface area contributed by atoms with Crippen LogP contribution in [0.1, 0.15) is 0 Å². The van der Waals surface area contributed by atoms with E-state index in [1.807, 2.05) is 21.1 Å². The molecule has 0 saturated carbocycles. The second kappa shape index (κ2) is 6.51. The van der Waals surface area contributed by atoms with Gasteiger partial charge in [-0.15, -0.1) is 0 Å². The molecule has 72 valence electrons. The molecular weight excluding hydrogens is 148 g/mol. The van der Waals surface area contributed by atoms with Crippen LogP contribution in [0.2, 0.25) is 0 Å². The Bertz CT molecular complexity index is 82.4. The number of rotatable bonds is 3. The van der Waals surface area contributed by atoms with Gasteiger partial charge in [0.25, 0.3) is 0 Å². The van der Waals surface area contributed by atoms with Crippen molar-refractivity contribution in [1.29, 1.82) is 0 Å². The van der Waals surface area contributed by atoms with Crippen LogP contribution in [0.15, 0.2) is 0 Å². The van der Waals surface area contributed by atoms with Crippen molar-refractivity contribution in [2.45, 2.75) is 6.10 Å². The van der Waals surface area contributed by atoms with Crippen molar-refractivity contribution in [2.75, 3.05) is 34.2 Å². The molecule has 7 N–H and O–H groups in total. The highest BCUT2D eigenvalue weighted by Crippen LogP contribution is 1.92. The maximum Gasteiger partial charge on any atom is 0.115 e. The van der Waals surface area contributed by atoms with Gasteiger partial charge >= 0.3 is 0 Å². The molecule has 0 aliphatic carbocycles. The van der Waals surface area contributed by atoms with E-state index in [-0.39, 0.29) is 17.1 Å². The standard InChI is InChI=1S/C6H17N2O.2H2O/c1-8(2,3)5-6(9)4-7;;/h6,9H,4-5,7H2,1-3H3;2*1H2/q+1;;. The molecule has 0 radical (unpaired) electrons. The third-order valence-corrected chi connectivity index (χ3v) is 1.03. The van der Waals surface area contributed by atoms with Gasteiger partial charge in [0.15, 0.2) is 0 Å². The lowest BCUT2D eigenvalue weighted by Crippen LogP contribution is -2.43. The predicted octanol–water partition coefficient (Wildman–Crippen LogP) is -2.64. The minimum atomic E-state index is -0.356. The highest BCUT2D eigenvalue weighted by molar-refractivity contribution is 4.51. The van der Waals surface area contributed by atoms with Crippen LogP contribution in [-0.4, -0.2) is 60.9 Å². The normalized spacial score (nSPS) is 12.8. The fourth-order valence-corrected chi connectivity index (χ4v) is 0.707. The van der Waals surface area contributed by atoms with Crippen LogP contribution < -0.4 is 5.73 Å². The lowest BCUT2D eigenvalue weighted by molar-refractivity contribution is -0.873. The Labute approximate surface area is 67.6 Å². The zero-order chi connectivity index (χ0) is 7.49. The minimum Gasteiger partial charge on any atom is -0.412 e. The van der Waals surface area contributed by atoms with Crippen molar-refractivity contribution in [3.05, 3.63) is 0 Å². The second-order valence-electron chi connectivity index (χ2n) is 3.36. The molecule has 1 atom stereocenters. The maximum absolute atomic E-state index is 9.05. The Hall–Kier alpha value is -0.200. The molecule has 5 nitrogen and oxygen atoms in total. The van der Waals surface area contributed by atoms with Crippen LogP contribution in [0, 0.1) is 0 Å². The first kappa shape index (κ1) is 17.0. The average Bonchev–Trinajstić information content (AvgIpc) is 1.62. The fourth-order valence-electron chi connectivity index (χ4n) is 0.707. The van der Waals surface area contributed by atoms with Gasteiger partial charge in [0.1, 0.15) is 12.6 Å². The average molecular weight is 169 g/mol. The predicted molar refractivity (Wildman–Crippen MR) is 45.2 cm³/mol. The molecule has 0 aromatic carbocycles. The molecule has 0 fully saturated rings. The van der Waals surface area contributed by atoms with Crippen molar-refractivity contribution < 1.29 is 20.5 Å². The largest absolute Gasteiger partial charge is 0.412 e. The smallest absolute Gasteiger partial charge is 0.115 e. The molecule has 0 spiro atoms. The van der Waals surface area contributed by atoms with Gasteiger partial charge in [-0.25, -0.2) is 0 Å². The van der Waals surface area contributed by atoms with E-state index in [4.69, 9.17) is 10.8 Å². The van der Waals surface area contributed by atoms with E-state index < -0.39 is 0 Å². The van der Waals surface area contributed by atoms with E-state index in [9.17, 15) is 0 Å². The number of likely N-dealkylation sites (N-methyl/N-ethyl adjacent to an activating group) is 1. The van der Waals surface area contributed by atoms with Crippen LogP contribution in [0.3, 0.4) is 0 Å². The summed E-state index contributed by atoms with van der Waals surface area (Å²) in [5.41, 5.74) is 5.22. The highest BCUT2D eigenvalue weighted by Gasteiger charge is 2.12. The Kier molecular flexibility index (Phi) is 10.1. The number of hydrogen-bond acceptors (Lipinski definition) is 2. The number of hydrogen-bond donors (Lipinski definition) is 2. The first-order valence-corrected chi connectivity index (χ1v) is 3.14. The van der Waals surface area contributed by atoms with Crippen molar-refractivity contribution in [1.82, 2.24) is 0 Å². The van der Waals surface area contributed by atoms with Gasteiger partial charge in [-0.2, -0.15) is 0 Å². The van der Waals surface area contributed by atoms with Crippen LogP contribution in [0.4, 0.5) is 0 Å². The quantitative estimate of drug-likeness (QED) is 0.450. The third kappa shape index (κ3) is 12.9. The van der Waals surface area contributed by atoms with E-state index in [0.717, 1.165) is 11.0 Å². The van der Waals surface area contributed by atoms with Crippen LogP contribution >= 0.6 is 0 Å². The minimum absolute atomic E-state index is 0. The Morgan fingerprint density at radius 3 is 1.73 bits per heavy atom. The molecule has 0 aromatic rings. The SMILES string of the molecule is C[N+](C)(C)CC(O)CN.O.O. The van der Waals surface area contributed by atoms with E-state index in [1.54, 1.807) is 0 Å². The zero-order valence-corrected chi connectivity index (χ0v) is 7.46. The second-order valence-corrected chi connectivity index (χ2v) is 3.36. The molecule has 1 unspecified atom stereocenters. The summed E-state index contributed by atoms with van der Waals surface area (Å²) in [6.45, 7) is 1.08. The van der Waals surface area contributed by atoms with Gasteiger partial charge in [-0.3, -0.25) is 0 Å². The topological polar surface area (TPSA) is 109 Å². The van der Waals surface area contributed by atoms with Crippen LogP contribution in [0.5, 0.6) is 0 Å². The summed E-state index contributed by atoms with van der Waals surface area (Å²) in [6, 6.07) is 0. The van der Waals surface area contributed by atoms with E-state index >= 15 is 0 Å². The molecule has 0 bridgehead atoms. The first-order chi connectivity index (χ1) is 3.95. The molecular formula is C6H21N2O3+. The monoisotopic (exact) mass is 169 g/mol. The van der Waals surface area contributed by atoms with Crippen molar-refractivity contribution in [2.24, 2.45) is 5.73 Å². The molecule has 0 aromatic heterocycles.